The third-order valence-electron chi connectivity index (χ3n) is 2.69. The minimum Gasteiger partial charge on any atom is -0.411 e. The van der Waals surface area contributed by atoms with Crippen molar-refractivity contribution in [1.82, 2.24) is 0 Å². The molecule has 0 aliphatic rings. The molecule has 0 unspecified atom stereocenters. The minimum atomic E-state index is -0.0121. The Morgan fingerprint density at radius 2 is 2.06 bits per heavy atom. The van der Waals surface area contributed by atoms with Crippen molar-refractivity contribution in [2.45, 2.75) is 33.6 Å². The largest absolute Gasteiger partial charge is 0.411 e. The molecule has 2 N–H and O–H groups in total. The SMILES string of the molecule is C/C(=N\O)c1ccccc1NC(=O)CCC(C)C. The van der Waals surface area contributed by atoms with Crippen LogP contribution in [0.4, 0.5) is 5.69 Å². The summed E-state index contributed by atoms with van der Waals surface area (Å²) in [6.45, 7) is 5.87. The maximum atomic E-state index is 11.8. The topological polar surface area (TPSA) is 61.7 Å². The zero-order chi connectivity index (χ0) is 13.5. The van der Waals surface area contributed by atoms with E-state index in [0.29, 0.717) is 23.7 Å². The second-order valence-corrected chi connectivity index (χ2v) is 4.71. The summed E-state index contributed by atoms with van der Waals surface area (Å²) in [6, 6.07) is 7.30. The van der Waals surface area contributed by atoms with E-state index in [1.807, 2.05) is 18.2 Å². The first-order chi connectivity index (χ1) is 8.54. The van der Waals surface area contributed by atoms with Gasteiger partial charge in [0.05, 0.1) is 5.71 Å². The van der Waals surface area contributed by atoms with Crippen LogP contribution in [0.25, 0.3) is 0 Å². The lowest BCUT2D eigenvalue weighted by molar-refractivity contribution is -0.116. The highest BCUT2D eigenvalue weighted by molar-refractivity contribution is 6.06. The summed E-state index contributed by atoms with van der Waals surface area (Å²) in [5, 5.41) is 14.8. The standard InChI is InChI=1S/C14H20N2O2/c1-10(2)8-9-14(17)15-13-7-5-4-6-12(13)11(3)16-18/h4-7,10,18H,8-9H2,1-3H3,(H,15,17)/b16-11+. The van der Waals surface area contributed by atoms with Crippen molar-refractivity contribution in [3.63, 3.8) is 0 Å². The number of para-hydroxylation sites is 1. The fourth-order valence-corrected chi connectivity index (χ4v) is 1.59. The van der Waals surface area contributed by atoms with E-state index < -0.39 is 0 Å². The van der Waals surface area contributed by atoms with Crippen LogP contribution in [-0.4, -0.2) is 16.8 Å². The maximum Gasteiger partial charge on any atom is 0.224 e. The minimum absolute atomic E-state index is 0.0121. The average Bonchev–Trinajstić information content (AvgIpc) is 2.36. The number of hydrogen-bond acceptors (Lipinski definition) is 3. The van der Waals surface area contributed by atoms with Crippen molar-refractivity contribution in [2.24, 2.45) is 11.1 Å². The molecule has 1 amide bonds. The molecule has 4 heteroatoms. The first-order valence-electron chi connectivity index (χ1n) is 6.12. The quantitative estimate of drug-likeness (QED) is 0.477. The summed E-state index contributed by atoms with van der Waals surface area (Å²) in [5.41, 5.74) is 1.90. The molecule has 0 bridgehead atoms. The van der Waals surface area contributed by atoms with Crippen LogP contribution in [0.3, 0.4) is 0 Å². The van der Waals surface area contributed by atoms with E-state index in [2.05, 4.69) is 24.3 Å². The third-order valence-corrected chi connectivity index (χ3v) is 2.69. The third kappa shape index (κ3) is 4.20. The molecule has 0 aliphatic carbocycles. The molecule has 1 aromatic carbocycles. The van der Waals surface area contributed by atoms with Gasteiger partial charge in [-0.25, -0.2) is 0 Å². The van der Waals surface area contributed by atoms with Crippen LogP contribution in [0.2, 0.25) is 0 Å². The van der Waals surface area contributed by atoms with Crippen molar-refractivity contribution in [3.8, 4) is 0 Å². The Morgan fingerprint density at radius 3 is 2.67 bits per heavy atom. The fraction of sp³-hybridized carbons (Fsp3) is 0.429. The van der Waals surface area contributed by atoms with Gasteiger partial charge in [0, 0.05) is 17.7 Å². The summed E-state index contributed by atoms with van der Waals surface area (Å²) in [6.07, 6.45) is 1.36. The molecule has 0 fully saturated rings. The number of nitrogens with zero attached hydrogens (tertiary/aromatic N) is 1. The Morgan fingerprint density at radius 1 is 1.39 bits per heavy atom. The van der Waals surface area contributed by atoms with Crippen molar-refractivity contribution in [1.29, 1.82) is 0 Å². The Hall–Kier alpha value is -1.84. The first kappa shape index (κ1) is 14.2. The van der Waals surface area contributed by atoms with Crippen LogP contribution in [0.5, 0.6) is 0 Å². The summed E-state index contributed by atoms with van der Waals surface area (Å²) in [4.78, 5) is 11.8. The summed E-state index contributed by atoms with van der Waals surface area (Å²) in [7, 11) is 0. The van der Waals surface area contributed by atoms with Crippen LogP contribution in [0.1, 0.15) is 39.2 Å². The lowest BCUT2D eigenvalue weighted by atomic mass is 10.1. The normalized spacial score (nSPS) is 11.7. The molecule has 0 atom stereocenters. The molecule has 0 spiro atoms. The Kier molecular flexibility index (Phi) is 5.36. The smallest absolute Gasteiger partial charge is 0.224 e. The van der Waals surface area contributed by atoms with Gasteiger partial charge < -0.3 is 10.5 Å². The number of rotatable bonds is 5. The van der Waals surface area contributed by atoms with E-state index in [9.17, 15) is 4.79 Å². The second kappa shape index (κ2) is 6.79. The molecular formula is C14H20N2O2. The lowest BCUT2D eigenvalue weighted by Crippen LogP contribution is -2.14. The van der Waals surface area contributed by atoms with E-state index in [4.69, 9.17) is 5.21 Å². The van der Waals surface area contributed by atoms with Gasteiger partial charge in [-0.2, -0.15) is 0 Å². The van der Waals surface area contributed by atoms with Gasteiger partial charge in [0.2, 0.25) is 5.91 Å². The summed E-state index contributed by atoms with van der Waals surface area (Å²) >= 11 is 0. The monoisotopic (exact) mass is 248 g/mol. The number of carbonyl (C=O) groups excluding carboxylic acids is 1. The van der Waals surface area contributed by atoms with Crippen molar-refractivity contribution >= 4 is 17.3 Å². The molecule has 0 aliphatic heterocycles. The van der Waals surface area contributed by atoms with Crippen LogP contribution < -0.4 is 5.32 Å². The lowest BCUT2D eigenvalue weighted by Gasteiger charge is -2.10. The molecule has 4 nitrogen and oxygen atoms in total. The number of carbonyl (C=O) groups is 1. The zero-order valence-electron chi connectivity index (χ0n) is 11.1. The zero-order valence-corrected chi connectivity index (χ0v) is 11.1. The number of oxime groups is 1. The highest BCUT2D eigenvalue weighted by atomic mass is 16.4. The van der Waals surface area contributed by atoms with Gasteiger partial charge in [0.25, 0.3) is 0 Å². The molecule has 0 heterocycles. The highest BCUT2D eigenvalue weighted by Crippen LogP contribution is 2.17. The second-order valence-electron chi connectivity index (χ2n) is 4.71. The highest BCUT2D eigenvalue weighted by Gasteiger charge is 2.09. The van der Waals surface area contributed by atoms with Gasteiger partial charge >= 0.3 is 0 Å². The van der Waals surface area contributed by atoms with Gasteiger partial charge in [-0.15, -0.1) is 0 Å². The molecular weight excluding hydrogens is 228 g/mol. The molecule has 1 rings (SSSR count). The van der Waals surface area contributed by atoms with Crippen molar-refractivity contribution in [2.75, 3.05) is 5.32 Å². The fourth-order valence-electron chi connectivity index (χ4n) is 1.59. The Labute approximate surface area is 108 Å². The van der Waals surface area contributed by atoms with Crippen LogP contribution in [-0.2, 0) is 4.79 Å². The van der Waals surface area contributed by atoms with Gasteiger partial charge in [-0.1, -0.05) is 37.2 Å². The van der Waals surface area contributed by atoms with Crippen molar-refractivity contribution in [3.05, 3.63) is 29.8 Å². The summed E-state index contributed by atoms with van der Waals surface area (Å²) < 4.78 is 0. The van der Waals surface area contributed by atoms with Gasteiger partial charge in [0.15, 0.2) is 0 Å². The van der Waals surface area contributed by atoms with E-state index in [-0.39, 0.29) is 5.91 Å². The van der Waals surface area contributed by atoms with Gasteiger partial charge in [-0.05, 0) is 25.3 Å². The van der Waals surface area contributed by atoms with Crippen LogP contribution >= 0.6 is 0 Å². The molecule has 0 saturated carbocycles. The van der Waals surface area contributed by atoms with Gasteiger partial charge in [0.1, 0.15) is 0 Å². The molecule has 98 valence electrons. The van der Waals surface area contributed by atoms with Crippen molar-refractivity contribution < 1.29 is 10.0 Å². The first-order valence-corrected chi connectivity index (χ1v) is 6.12. The molecule has 0 aromatic heterocycles. The molecule has 0 radical (unpaired) electrons. The number of benzene rings is 1. The molecule has 1 aromatic rings. The van der Waals surface area contributed by atoms with E-state index >= 15 is 0 Å². The maximum absolute atomic E-state index is 11.8. The summed E-state index contributed by atoms with van der Waals surface area (Å²) in [5.74, 6) is 0.494. The van der Waals surface area contributed by atoms with Crippen LogP contribution in [0, 0.1) is 5.92 Å². The number of anilines is 1. The Balaban J connectivity index is 2.75. The molecule has 18 heavy (non-hydrogen) atoms. The van der Waals surface area contributed by atoms with Crippen LogP contribution in [0.15, 0.2) is 29.4 Å². The van der Waals surface area contributed by atoms with E-state index in [1.165, 1.54) is 0 Å². The average molecular weight is 248 g/mol. The predicted octanol–water partition coefficient (Wildman–Crippen LogP) is 3.26. The number of amides is 1. The number of hydrogen-bond donors (Lipinski definition) is 2. The van der Waals surface area contributed by atoms with Gasteiger partial charge in [-0.3, -0.25) is 4.79 Å². The predicted molar refractivity (Wildman–Crippen MR) is 73.1 cm³/mol. The van der Waals surface area contributed by atoms with E-state index in [1.54, 1.807) is 13.0 Å². The molecule has 0 saturated heterocycles. The van der Waals surface area contributed by atoms with E-state index in [0.717, 1.165) is 12.0 Å². The Bertz CT molecular complexity index is 439. The number of nitrogens with one attached hydrogen (secondary N) is 1.